The smallest absolute Gasteiger partial charge is 0.334 e. The molecule has 102 valence electrons. The van der Waals surface area contributed by atoms with Gasteiger partial charge >= 0.3 is 5.97 Å². The molecule has 2 rings (SSSR count). The topological polar surface area (TPSA) is 26.3 Å². The minimum Gasteiger partial charge on any atom is -0.466 e. The van der Waals surface area contributed by atoms with Crippen LogP contribution >= 0.6 is 11.6 Å². The van der Waals surface area contributed by atoms with Crippen molar-refractivity contribution in [2.45, 2.75) is 32.1 Å². The summed E-state index contributed by atoms with van der Waals surface area (Å²) in [6.45, 7) is 4.28. The first-order valence-corrected chi connectivity index (χ1v) is 6.89. The molecule has 1 unspecified atom stereocenters. The largest absolute Gasteiger partial charge is 0.466 e. The van der Waals surface area contributed by atoms with Crippen molar-refractivity contribution in [2.75, 3.05) is 7.11 Å². The van der Waals surface area contributed by atoms with Crippen LogP contribution in [0.2, 0.25) is 0 Å². The lowest BCUT2D eigenvalue weighted by Crippen LogP contribution is -2.32. The number of hydrogen-bond donors (Lipinski definition) is 0. The van der Waals surface area contributed by atoms with Crippen molar-refractivity contribution >= 4 is 23.1 Å². The SMILES string of the molecule is COC(=O)C1=C(c2ccccc2)CC(C)(C)C(Cl)C1. The van der Waals surface area contributed by atoms with Crippen molar-refractivity contribution in [3.63, 3.8) is 0 Å². The Labute approximate surface area is 119 Å². The second kappa shape index (κ2) is 5.38. The standard InChI is InChI=1S/C16H19ClO2/c1-16(2)10-13(11-7-5-4-6-8-11)12(9-14(16)17)15(18)19-3/h4-8,14H,9-10H2,1-3H3. The molecule has 0 bridgehead atoms. The molecule has 0 aromatic heterocycles. The molecule has 1 aromatic rings. The number of esters is 1. The zero-order chi connectivity index (χ0) is 14.0. The van der Waals surface area contributed by atoms with E-state index in [1.54, 1.807) is 0 Å². The highest BCUT2D eigenvalue weighted by molar-refractivity contribution is 6.22. The van der Waals surface area contributed by atoms with E-state index < -0.39 is 0 Å². The average Bonchev–Trinajstić information content (AvgIpc) is 2.41. The van der Waals surface area contributed by atoms with E-state index in [-0.39, 0.29) is 16.8 Å². The minimum absolute atomic E-state index is 0.0236. The Morgan fingerprint density at radius 1 is 1.32 bits per heavy atom. The third kappa shape index (κ3) is 2.84. The first-order valence-electron chi connectivity index (χ1n) is 6.45. The number of rotatable bonds is 2. The molecule has 0 radical (unpaired) electrons. The van der Waals surface area contributed by atoms with E-state index in [1.807, 2.05) is 30.3 Å². The van der Waals surface area contributed by atoms with E-state index in [2.05, 4.69) is 13.8 Å². The maximum Gasteiger partial charge on any atom is 0.334 e. The molecule has 1 aromatic carbocycles. The molecular formula is C16H19ClO2. The zero-order valence-electron chi connectivity index (χ0n) is 11.6. The van der Waals surface area contributed by atoms with E-state index in [0.29, 0.717) is 12.0 Å². The van der Waals surface area contributed by atoms with E-state index >= 15 is 0 Å². The van der Waals surface area contributed by atoms with Crippen LogP contribution in [0.5, 0.6) is 0 Å². The lowest BCUT2D eigenvalue weighted by molar-refractivity contribution is -0.136. The predicted molar refractivity (Wildman–Crippen MR) is 78.0 cm³/mol. The number of methoxy groups -OCH3 is 1. The lowest BCUT2D eigenvalue weighted by atomic mass is 9.72. The molecule has 0 amide bonds. The molecule has 1 aliphatic rings. The Balaban J connectivity index is 2.51. The van der Waals surface area contributed by atoms with Gasteiger partial charge in [0.1, 0.15) is 0 Å². The normalized spacial score (nSPS) is 22.2. The molecular weight excluding hydrogens is 260 g/mol. The maximum absolute atomic E-state index is 12.0. The highest BCUT2D eigenvalue weighted by Crippen LogP contribution is 2.45. The summed E-state index contributed by atoms with van der Waals surface area (Å²) in [6, 6.07) is 10.0. The van der Waals surface area contributed by atoms with Crippen molar-refractivity contribution in [2.24, 2.45) is 5.41 Å². The molecule has 0 N–H and O–H groups in total. The van der Waals surface area contributed by atoms with Crippen molar-refractivity contribution in [3.05, 3.63) is 41.5 Å². The number of carbonyl (C=O) groups excluding carboxylic acids is 1. The first-order chi connectivity index (χ1) is 8.95. The number of hydrogen-bond acceptors (Lipinski definition) is 2. The first kappa shape index (κ1) is 14.1. The Kier molecular flexibility index (Phi) is 4.00. The number of carbonyl (C=O) groups is 1. The van der Waals surface area contributed by atoms with Crippen LogP contribution < -0.4 is 0 Å². The van der Waals surface area contributed by atoms with Crippen LogP contribution in [0.4, 0.5) is 0 Å². The summed E-state index contributed by atoms with van der Waals surface area (Å²) < 4.78 is 4.90. The molecule has 19 heavy (non-hydrogen) atoms. The van der Waals surface area contributed by atoms with Gasteiger partial charge in [-0.2, -0.15) is 0 Å². The molecule has 0 fully saturated rings. The van der Waals surface area contributed by atoms with Crippen LogP contribution in [-0.2, 0) is 9.53 Å². The van der Waals surface area contributed by atoms with Crippen LogP contribution in [0, 0.1) is 5.41 Å². The Bertz CT molecular complexity index is 503. The van der Waals surface area contributed by atoms with Gasteiger partial charge in [-0.15, -0.1) is 11.6 Å². The van der Waals surface area contributed by atoms with Crippen LogP contribution in [0.3, 0.4) is 0 Å². The van der Waals surface area contributed by atoms with Gasteiger partial charge in [0.2, 0.25) is 0 Å². The fraction of sp³-hybridized carbons (Fsp3) is 0.438. The molecule has 0 saturated carbocycles. The van der Waals surface area contributed by atoms with Crippen LogP contribution in [0.1, 0.15) is 32.3 Å². The Hall–Kier alpha value is -1.28. The third-order valence-electron chi connectivity index (χ3n) is 3.78. The van der Waals surface area contributed by atoms with Gasteiger partial charge in [-0.05, 0) is 29.4 Å². The Morgan fingerprint density at radius 3 is 2.53 bits per heavy atom. The molecule has 1 aliphatic carbocycles. The van der Waals surface area contributed by atoms with Crippen LogP contribution in [0.15, 0.2) is 35.9 Å². The molecule has 3 heteroatoms. The summed E-state index contributed by atoms with van der Waals surface area (Å²) in [5.41, 5.74) is 2.84. The fourth-order valence-electron chi connectivity index (χ4n) is 2.50. The third-order valence-corrected chi connectivity index (χ3v) is 4.53. The van der Waals surface area contributed by atoms with Gasteiger partial charge in [0.15, 0.2) is 0 Å². The van der Waals surface area contributed by atoms with Gasteiger partial charge in [0.05, 0.1) is 7.11 Å². The van der Waals surface area contributed by atoms with Gasteiger partial charge in [-0.1, -0.05) is 44.2 Å². The van der Waals surface area contributed by atoms with Gasteiger partial charge in [0, 0.05) is 11.0 Å². The van der Waals surface area contributed by atoms with Gasteiger partial charge in [0.25, 0.3) is 0 Å². The zero-order valence-corrected chi connectivity index (χ0v) is 12.3. The molecule has 0 saturated heterocycles. The van der Waals surface area contributed by atoms with Gasteiger partial charge in [-0.3, -0.25) is 0 Å². The number of benzene rings is 1. The van der Waals surface area contributed by atoms with Crippen molar-refractivity contribution in [1.82, 2.24) is 0 Å². The summed E-state index contributed by atoms with van der Waals surface area (Å²) in [6.07, 6.45) is 1.35. The number of halogens is 1. The Morgan fingerprint density at radius 2 is 1.95 bits per heavy atom. The van der Waals surface area contributed by atoms with Crippen molar-refractivity contribution in [3.8, 4) is 0 Å². The quantitative estimate of drug-likeness (QED) is 0.603. The number of alkyl halides is 1. The minimum atomic E-state index is -0.264. The van der Waals surface area contributed by atoms with E-state index in [0.717, 1.165) is 17.6 Å². The highest BCUT2D eigenvalue weighted by Gasteiger charge is 2.37. The molecule has 2 nitrogen and oxygen atoms in total. The summed E-state index contributed by atoms with van der Waals surface area (Å²) in [5, 5.41) is -0.0472. The van der Waals surface area contributed by atoms with Gasteiger partial charge in [-0.25, -0.2) is 4.79 Å². The van der Waals surface area contributed by atoms with Gasteiger partial charge < -0.3 is 4.74 Å². The highest BCUT2D eigenvalue weighted by atomic mass is 35.5. The second-order valence-corrected chi connectivity index (χ2v) is 6.18. The average molecular weight is 279 g/mol. The molecule has 0 spiro atoms. The summed E-state index contributed by atoms with van der Waals surface area (Å²) in [5.74, 6) is -0.264. The number of allylic oxidation sites excluding steroid dienone is 1. The second-order valence-electron chi connectivity index (χ2n) is 5.65. The van der Waals surface area contributed by atoms with Crippen molar-refractivity contribution in [1.29, 1.82) is 0 Å². The summed E-state index contributed by atoms with van der Waals surface area (Å²) in [7, 11) is 1.42. The molecule has 0 aliphatic heterocycles. The molecule has 1 atom stereocenters. The fourth-order valence-corrected chi connectivity index (χ4v) is 2.73. The van der Waals surface area contributed by atoms with Crippen LogP contribution in [-0.4, -0.2) is 18.5 Å². The monoisotopic (exact) mass is 278 g/mol. The maximum atomic E-state index is 12.0. The number of ether oxygens (including phenoxy) is 1. The van der Waals surface area contributed by atoms with Crippen molar-refractivity contribution < 1.29 is 9.53 Å². The lowest BCUT2D eigenvalue weighted by Gasteiger charge is -2.37. The van der Waals surface area contributed by atoms with E-state index in [9.17, 15) is 4.79 Å². The molecule has 0 heterocycles. The van der Waals surface area contributed by atoms with Crippen LogP contribution in [0.25, 0.3) is 5.57 Å². The summed E-state index contributed by atoms with van der Waals surface area (Å²) in [4.78, 5) is 12.0. The van der Waals surface area contributed by atoms with E-state index in [4.69, 9.17) is 16.3 Å². The predicted octanol–water partition coefficient (Wildman–Crippen LogP) is 4.04. The summed E-state index contributed by atoms with van der Waals surface area (Å²) >= 11 is 6.41. The van der Waals surface area contributed by atoms with E-state index in [1.165, 1.54) is 7.11 Å².